The summed E-state index contributed by atoms with van der Waals surface area (Å²) in [5.74, 6) is 0. The summed E-state index contributed by atoms with van der Waals surface area (Å²) < 4.78 is 0.314. The Labute approximate surface area is 202 Å². The standard InChI is InChI=1S/C26H54S.HI/c1-4-7-8-9-10-11-12-13-14-15-16-17-18-19-20-21-22-23-24-25-26(27,5-2)6-3;/h27H,4-25H2,1-3H3;1H. The number of thiol groups is 1. The summed E-state index contributed by atoms with van der Waals surface area (Å²) in [7, 11) is 0. The molecule has 0 amide bonds. The van der Waals surface area contributed by atoms with Crippen molar-refractivity contribution in [1.29, 1.82) is 0 Å². The summed E-state index contributed by atoms with van der Waals surface area (Å²) in [6.07, 6.45) is 31.4. The molecule has 2 heteroatoms. The molecule has 0 saturated heterocycles. The van der Waals surface area contributed by atoms with E-state index in [1.807, 2.05) is 0 Å². The van der Waals surface area contributed by atoms with Crippen molar-refractivity contribution >= 4 is 36.6 Å². The molecule has 0 unspecified atom stereocenters. The van der Waals surface area contributed by atoms with Crippen LogP contribution in [0.1, 0.15) is 162 Å². The van der Waals surface area contributed by atoms with Crippen LogP contribution in [0.15, 0.2) is 0 Å². The van der Waals surface area contributed by atoms with Crippen LogP contribution < -0.4 is 0 Å². The van der Waals surface area contributed by atoms with Crippen LogP contribution in [-0.4, -0.2) is 4.75 Å². The number of unbranched alkanes of at least 4 members (excludes halogenated alkanes) is 18. The molecule has 0 heterocycles. The van der Waals surface area contributed by atoms with Gasteiger partial charge in [0.1, 0.15) is 0 Å². The van der Waals surface area contributed by atoms with Gasteiger partial charge in [-0.3, -0.25) is 0 Å². The minimum atomic E-state index is 0. The van der Waals surface area contributed by atoms with E-state index in [-0.39, 0.29) is 24.0 Å². The van der Waals surface area contributed by atoms with E-state index >= 15 is 0 Å². The Bertz CT molecular complexity index is 276. The van der Waals surface area contributed by atoms with Crippen molar-refractivity contribution < 1.29 is 0 Å². The zero-order valence-corrected chi connectivity index (χ0v) is 23.1. The molecule has 0 radical (unpaired) electrons. The van der Waals surface area contributed by atoms with E-state index in [0.29, 0.717) is 4.75 Å². The van der Waals surface area contributed by atoms with Crippen molar-refractivity contribution in [2.24, 2.45) is 0 Å². The molecule has 0 N–H and O–H groups in total. The number of hydrogen-bond acceptors (Lipinski definition) is 1. The molecule has 0 nitrogen and oxygen atoms in total. The predicted molar refractivity (Wildman–Crippen MR) is 146 cm³/mol. The Kier molecular flexibility index (Phi) is 27.2. The van der Waals surface area contributed by atoms with Gasteiger partial charge in [0.05, 0.1) is 0 Å². The first-order valence-corrected chi connectivity index (χ1v) is 13.4. The average Bonchev–Trinajstić information content (AvgIpc) is 2.69. The molecule has 0 aromatic rings. The number of hydrogen-bond donors (Lipinski definition) is 1. The maximum atomic E-state index is 4.86. The van der Waals surface area contributed by atoms with Gasteiger partial charge in [0.2, 0.25) is 0 Å². The van der Waals surface area contributed by atoms with Crippen molar-refractivity contribution in [1.82, 2.24) is 0 Å². The van der Waals surface area contributed by atoms with E-state index in [0.717, 1.165) is 0 Å². The van der Waals surface area contributed by atoms with Crippen molar-refractivity contribution in [3.63, 3.8) is 0 Å². The van der Waals surface area contributed by atoms with E-state index < -0.39 is 0 Å². The largest absolute Gasteiger partial charge is 0.173 e. The van der Waals surface area contributed by atoms with Gasteiger partial charge in [0, 0.05) is 4.75 Å². The fourth-order valence-corrected chi connectivity index (χ4v) is 4.29. The van der Waals surface area contributed by atoms with Crippen molar-refractivity contribution in [3.8, 4) is 0 Å². The third-order valence-corrected chi connectivity index (χ3v) is 7.42. The van der Waals surface area contributed by atoms with Crippen LogP contribution in [-0.2, 0) is 0 Å². The molecular weight excluding hydrogens is 471 g/mol. The van der Waals surface area contributed by atoms with Crippen LogP contribution in [0, 0.1) is 0 Å². The van der Waals surface area contributed by atoms with Crippen LogP contribution in [0.5, 0.6) is 0 Å². The molecular formula is C26H55IS. The lowest BCUT2D eigenvalue weighted by molar-refractivity contribution is 0.469. The summed E-state index contributed by atoms with van der Waals surface area (Å²) in [6, 6.07) is 0. The van der Waals surface area contributed by atoms with Crippen LogP contribution in [0.25, 0.3) is 0 Å². The second-order valence-electron chi connectivity index (χ2n) is 9.05. The van der Waals surface area contributed by atoms with Crippen molar-refractivity contribution in [2.45, 2.75) is 167 Å². The molecule has 0 aromatic heterocycles. The van der Waals surface area contributed by atoms with Crippen LogP contribution in [0.2, 0.25) is 0 Å². The summed E-state index contributed by atoms with van der Waals surface area (Å²) in [5, 5.41) is 0. The zero-order valence-electron chi connectivity index (χ0n) is 19.9. The predicted octanol–water partition coefficient (Wildman–Crippen LogP) is 10.9. The lowest BCUT2D eigenvalue weighted by Crippen LogP contribution is -2.18. The first kappa shape index (κ1) is 31.3. The topological polar surface area (TPSA) is 0 Å². The Balaban J connectivity index is 0. The summed E-state index contributed by atoms with van der Waals surface area (Å²) in [4.78, 5) is 0. The molecule has 0 aliphatic carbocycles. The lowest BCUT2D eigenvalue weighted by atomic mass is 9.94. The van der Waals surface area contributed by atoms with Gasteiger partial charge < -0.3 is 0 Å². The normalized spacial score (nSPS) is 11.6. The lowest BCUT2D eigenvalue weighted by Gasteiger charge is -2.25. The summed E-state index contributed by atoms with van der Waals surface area (Å²) in [6.45, 7) is 6.87. The van der Waals surface area contributed by atoms with Gasteiger partial charge in [0.15, 0.2) is 0 Å². The van der Waals surface area contributed by atoms with Gasteiger partial charge in [-0.1, -0.05) is 143 Å². The molecule has 0 fully saturated rings. The first-order chi connectivity index (χ1) is 13.2. The molecule has 172 valence electrons. The third kappa shape index (κ3) is 21.8. The second kappa shape index (κ2) is 24.4. The molecule has 0 aliphatic rings. The number of halogens is 1. The van der Waals surface area contributed by atoms with Gasteiger partial charge in [0.25, 0.3) is 0 Å². The average molecular weight is 527 g/mol. The van der Waals surface area contributed by atoms with Gasteiger partial charge in [-0.05, 0) is 19.3 Å². The summed E-state index contributed by atoms with van der Waals surface area (Å²) in [5.41, 5.74) is 0. The highest BCUT2D eigenvalue weighted by atomic mass is 127. The van der Waals surface area contributed by atoms with Gasteiger partial charge in [-0.15, -0.1) is 24.0 Å². The minimum absolute atomic E-state index is 0. The smallest absolute Gasteiger partial charge is 0.0124 e. The maximum absolute atomic E-state index is 4.86. The molecule has 0 saturated carbocycles. The molecule has 0 bridgehead atoms. The molecule has 0 spiro atoms. The molecule has 0 rings (SSSR count). The zero-order chi connectivity index (χ0) is 20.1. The quantitative estimate of drug-likeness (QED) is 0.0809. The third-order valence-electron chi connectivity index (χ3n) is 6.56. The van der Waals surface area contributed by atoms with E-state index in [1.54, 1.807) is 0 Å². The highest BCUT2D eigenvalue weighted by Crippen LogP contribution is 2.29. The molecule has 0 aliphatic heterocycles. The monoisotopic (exact) mass is 526 g/mol. The fourth-order valence-electron chi connectivity index (χ4n) is 4.14. The Morgan fingerprint density at radius 2 is 0.679 bits per heavy atom. The van der Waals surface area contributed by atoms with Gasteiger partial charge in [-0.2, -0.15) is 12.6 Å². The van der Waals surface area contributed by atoms with Gasteiger partial charge in [-0.25, -0.2) is 0 Å². The van der Waals surface area contributed by atoms with Crippen molar-refractivity contribution in [3.05, 3.63) is 0 Å². The minimum Gasteiger partial charge on any atom is -0.173 e. The van der Waals surface area contributed by atoms with Crippen LogP contribution in [0.4, 0.5) is 0 Å². The second-order valence-corrected chi connectivity index (χ2v) is 9.99. The maximum Gasteiger partial charge on any atom is 0.0124 e. The fraction of sp³-hybridized carbons (Fsp3) is 1.00. The highest BCUT2D eigenvalue weighted by Gasteiger charge is 2.19. The van der Waals surface area contributed by atoms with E-state index in [2.05, 4.69) is 20.8 Å². The van der Waals surface area contributed by atoms with Gasteiger partial charge >= 0.3 is 0 Å². The Morgan fingerprint density at radius 1 is 0.429 bits per heavy atom. The highest BCUT2D eigenvalue weighted by molar-refractivity contribution is 14.0. The number of rotatable bonds is 22. The van der Waals surface area contributed by atoms with E-state index in [9.17, 15) is 0 Å². The molecule has 0 aromatic carbocycles. The summed E-state index contributed by atoms with van der Waals surface area (Å²) >= 11 is 4.86. The SMILES string of the molecule is CCCCCCCCCCCCCCCCCCCCCC(S)(CC)CC.I. The van der Waals surface area contributed by atoms with Crippen LogP contribution >= 0.6 is 36.6 Å². The Hall–Kier alpha value is 1.08. The van der Waals surface area contributed by atoms with E-state index in [1.165, 1.54) is 141 Å². The van der Waals surface area contributed by atoms with E-state index in [4.69, 9.17) is 12.6 Å². The molecule has 0 atom stereocenters. The van der Waals surface area contributed by atoms with Crippen LogP contribution in [0.3, 0.4) is 0 Å². The Morgan fingerprint density at radius 3 is 0.929 bits per heavy atom. The molecule has 28 heavy (non-hydrogen) atoms. The van der Waals surface area contributed by atoms with Crippen molar-refractivity contribution in [2.75, 3.05) is 0 Å². The first-order valence-electron chi connectivity index (χ1n) is 12.9.